The SMILES string of the molecule is CC[C@@H]1C[C@H](I)C[C@H](c2ccccc2)N1S(=O)(=O)c1ccc(C)cc1. The molecule has 0 radical (unpaired) electrons. The van der Waals surface area contributed by atoms with Crippen LogP contribution in [-0.2, 0) is 10.0 Å². The second kappa shape index (κ2) is 7.76. The quantitative estimate of drug-likeness (QED) is 0.462. The van der Waals surface area contributed by atoms with E-state index in [0.29, 0.717) is 8.82 Å². The number of nitrogens with zero attached hydrogens (tertiary/aromatic N) is 1. The molecule has 5 heteroatoms. The molecule has 0 spiro atoms. The minimum absolute atomic E-state index is 0.0344. The van der Waals surface area contributed by atoms with Crippen LogP contribution in [0.3, 0.4) is 0 Å². The number of hydrogen-bond acceptors (Lipinski definition) is 2. The van der Waals surface area contributed by atoms with Gasteiger partial charge in [0.2, 0.25) is 10.0 Å². The fraction of sp³-hybridized carbons (Fsp3) is 0.400. The molecular formula is C20H24INO2S. The molecule has 3 atom stereocenters. The molecule has 3 rings (SSSR count). The Bertz CT molecular complexity index is 805. The van der Waals surface area contributed by atoms with Crippen molar-refractivity contribution in [3.8, 4) is 0 Å². The highest BCUT2D eigenvalue weighted by molar-refractivity contribution is 14.1. The summed E-state index contributed by atoms with van der Waals surface area (Å²) < 4.78 is 29.2. The predicted molar refractivity (Wildman–Crippen MR) is 111 cm³/mol. The fourth-order valence-electron chi connectivity index (χ4n) is 3.60. The molecule has 1 aliphatic rings. The van der Waals surface area contributed by atoms with E-state index in [1.165, 1.54) is 0 Å². The number of hydrogen-bond donors (Lipinski definition) is 0. The molecule has 0 saturated carbocycles. The van der Waals surface area contributed by atoms with Crippen molar-refractivity contribution in [3.05, 3.63) is 65.7 Å². The van der Waals surface area contributed by atoms with E-state index in [4.69, 9.17) is 0 Å². The second-order valence-electron chi connectivity index (χ2n) is 6.71. The Morgan fingerprint density at radius 1 is 1.04 bits per heavy atom. The first-order chi connectivity index (χ1) is 11.9. The topological polar surface area (TPSA) is 37.4 Å². The van der Waals surface area contributed by atoms with Gasteiger partial charge in [-0.3, -0.25) is 0 Å². The molecule has 0 unspecified atom stereocenters. The molecule has 0 bridgehead atoms. The van der Waals surface area contributed by atoms with Crippen LogP contribution in [-0.4, -0.2) is 22.7 Å². The number of benzene rings is 2. The molecule has 3 nitrogen and oxygen atoms in total. The van der Waals surface area contributed by atoms with Gasteiger partial charge in [-0.15, -0.1) is 0 Å². The first-order valence-corrected chi connectivity index (χ1v) is 11.4. The Hall–Kier alpha value is -0.920. The summed E-state index contributed by atoms with van der Waals surface area (Å²) >= 11 is 2.47. The Kier molecular flexibility index (Phi) is 5.85. The molecular weight excluding hydrogens is 445 g/mol. The van der Waals surface area contributed by atoms with Gasteiger partial charge >= 0.3 is 0 Å². The highest BCUT2D eigenvalue weighted by atomic mass is 127. The zero-order valence-electron chi connectivity index (χ0n) is 14.6. The fourth-order valence-corrected chi connectivity index (χ4v) is 6.56. The van der Waals surface area contributed by atoms with Crippen molar-refractivity contribution in [1.29, 1.82) is 0 Å². The Morgan fingerprint density at radius 2 is 1.68 bits per heavy atom. The minimum atomic E-state index is -3.53. The summed E-state index contributed by atoms with van der Waals surface area (Å²) in [6, 6.07) is 17.2. The van der Waals surface area contributed by atoms with Gasteiger partial charge in [0.1, 0.15) is 0 Å². The number of rotatable bonds is 4. The van der Waals surface area contributed by atoms with E-state index < -0.39 is 10.0 Å². The van der Waals surface area contributed by atoms with Gasteiger partial charge in [-0.2, -0.15) is 4.31 Å². The van der Waals surface area contributed by atoms with Crippen LogP contribution in [0.5, 0.6) is 0 Å². The van der Waals surface area contributed by atoms with E-state index in [1.807, 2.05) is 49.4 Å². The lowest BCUT2D eigenvalue weighted by Gasteiger charge is -2.43. The Morgan fingerprint density at radius 3 is 2.28 bits per heavy atom. The number of piperidine rings is 1. The van der Waals surface area contributed by atoms with Gasteiger partial charge in [-0.05, 0) is 43.9 Å². The summed E-state index contributed by atoms with van der Waals surface area (Å²) in [7, 11) is -3.53. The zero-order chi connectivity index (χ0) is 18.0. The van der Waals surface area contributed by atoms with Crippen LogP contribution in [0.2, 0.25) is 0 Å². The molecule has 0 aromatic heterocycles. The van der Waals surface area contributed by atoms with Gasteiger partial charge in [-0.1, -0.05) is 77.5 Å². The van der Waals surface area contributed by atoms with Crippen LogP contribution < -0.4 is 0 Å². The maximum Gasteiger partial charge on any atom is 0.243 e. The number of aryl methyl sites for hydroxylation is 1. The molecule has 25 heavy (non-hydrogen) atoms. The standard InChI is InChI=1S/C20H24INO2S/c1-3-18-13-17(21)14-20(16-7-5-4-6-8-16)22(18)25(23,24)19-11-9-15(2)10-12-19/h4-12,17-18,20H,3,13-14H2,1-2H3/t17-,18+,20+/m0/s1. The smallest absolute Gasteiger partial charge is 0.207 e. The normalized spacial score (nSPS) is 25.0. The maximum atomic E-state index is 13.5. The second-order valence-corrected chi connectivity index (χ2v) is 10.3. The zero-order valence-corrected chi connectivity index (χ0v) is 17.6. The Balaban J connectivity index is 2.08. The highest BCUT2D eigenvalue weighted by Crippen LogP contribution is 2.42. The van der Waals surface area contributed by atoms with Gasteiger partial charge in [0.25, 0.3) is 0 Å². The molecule has 0 aliphatic carbocycles. The molecule has 1 heterocycles. The summed E-state index contributed by atoms with van der Waals surface area (Å²) in [6.45, 7) is 4.05. The summed E-state index contributed by atoms with van der Waals surface area (Å²) in [5.74, 6) is 0. The van der Waals surface area contributed by atoms with Crippen molar-refractivity contribution in [2.45, 2.75) is 54.0 Å². The summed E-state index contributed by atoms with van der Waals surface area (Å²) in [5, 5.41) is 0. The number of halogens is 1. The number of alkyl halides is 1. The van der Waals surface area contributed by atoms with E-state index in [0.717, 1.165) is 30.4 Å². The lowest BCUT2D eigenvalue weighted by molar-refractivity contribution is 0.184. The van der Waals surface area contributed by atoms with Crippen molar-refractivity contribution in [1.82, 2.24) is 4.31 Å². The third kappa shape index (κ3) is 3.93. The van der Waals surface area contributed by atoms with Crippen LogP contribution in [0.1, 0.15) is 43.4 Å². The third-order valence-electron chi connectivity index (χ3n) is 4.93. The van der Waals surface area contributed by atoms with E-state index in [1.54, 1.807) is 16.4 Å². The molecule has 134 valence electrons. The maximum absolute atomic E-state index is 13.5. The van der Waals surface area contributed by atoms with E-state index in [9.17, 15) is 8.42 Å². The van der Waals surface area contributed by atoms with Gasteiger partial charge in [-0.25, -0.2) is 8.42 Å². The van der Waals surface area contributed by atoms with Crippen molar-refractivity contribution in [2.24, 2.45) is 0 Å². The summed E-state index contributed by atoms with van der Waals surface area (Å²) in [6.07, 6.45) is 2.59. The van der Waals surface area contributed by atoms with Gasteiger partial charge in [0, 0.05) is 9.97 Å². The lowest BCUT2D eigenvalue weighted by atomic mass is 9.92. The number of sulfonamides is 1. The third-order valence-corrected chi connectivity index (χ3v) is 7.92. The molecule has 0 N–H and O–H groups in total. The molecule has 1 saturated heterocycles. The largest absolute Gasteiger partial charge is 0.243 e. The Labute approximate surface area is 164 Å². The summed E-state index contributed by atoms with van der Waals surface area (Å²) in [4.78, 5) is 0.393. The highest BCUT2D eigenvalue weighted by Gasteiger charge is 2.42. The van der Waals surface area contributed by atoms with Crippen molar-refractivity contribution >= 4 is 32.6 Å². The molecule has 2 aromatic rings. The average Bonchev–Trinajstić information content (AvgIpc) is 2.61. The predicted octanol–water partition coefficient (Wildman–Crippen LogP) is 5.10. The van der Waals surface area contributed by atoms with Crippen molar-refractivity contribution in [3.63, 3.8) is 0 Å². The average molecular weight is 469 g/mol. The molecule has 1 aliphatic heterocycles. The van der Waals surface area contributed by atoms with Crippen LogP contribution in [0, 0.1) is 6.92 Å². The van der Waals surface area contributed by atoms with Gasteiger partial charge in [0.15, 0.2) is 0 Å². The van der Waals surface area contributed by atoms with Crippen LogP contribution >= 0.6 is 22.6 Å². The van der Waals surface area contributed by atoms with Crippen LogP contribution in [0.15, 0.2) is 59.5 Å². The molecule has 1 fully saturated rings. The van der Waals surface area contributed by atoms with Crippen molar-refractivity contribution < 1.29 is 8.42 Å². The molecule has 2 aromatic carbocycles. The summed E-state index contributed by atoms with van der Waals surface area (Å²) in [5.41, 5.74) is 2.15. The van der Waals surface area contributed by atoms with Crippen molar-refractivity contribution in [2.75, 3.05) is 0 Å². The van der Waals surface area contributed by atoms with Gasteiger partial charge in [0.05, 0.1) is 10.9 Å². The van der Waals surface area contributed by atoms with Crippen LogP contribution in [0.25, 0.3) is 0 Å². The van der Waals surface area contributed by atoms with Crippen LogP contribution in [0.4, 0.5) is 0 Å². The first-order valence-electron chi connectivity index (χ1n) is 8.72. The lowest BCUT2D eigenvalue weighted by Crippen LogP contribution is -2.47. The molecule has 0 amide bonds. The monoisotopic (exact) mass is 469 g/mol. The van der Waals surface area contributed by atoms with E-state index >= 15 is 0 Å². The van der Waals surface area contributed by atoms with E-state index in [2.05, 4.69) is 29.5 Å². The van der Waals surface area contributed by atoms with Gasteiger partial charge < -0.3 is 0 Å². The van der Waals surface area contributed by atoms with E-state index in [-0.39, 0.29) is 12.1 Å². The first kappa shape index (κ1) is 18.9. The minimum Gasteiger partial charge on any atom is -0.207 e.